The lowest BCUT2D eigenvalue weighted by molar-refractivity contribution is 0.214. The van der Waals surface area contributed by atoms with Crippen LogP contribution in [0.5, 0.6) is 0 Å². The summed E-state index contributed by atoms with van der Waals surface area (Å²) in [6.45, 7) is -2.65. The molecule has 0 amide bonds. The number of hydrogen-bond donors (Lipinski definition) is 7. The average molecular weight is 380 g/mol. The van der Waals surface area contributed by atoms with Gasteiger partial charge in [0.15, 0.2) is 0 Å². The Hall–Kier alpha value is -1.91. The summed E-state index contributed by atoms with van der Waals surface area (Å²) in [4.78, 5) is 14.5. The fourth-order valence-corrected chi connectivity index (χ4v) is 1.45. The lowest BCUT2D eigenvalue weighted by Crippen LogP contribution is -2.34. The molecule has 1 aromatic rings. The van der Waals surface area contributed by atoms with E-state index in [0.717, 1.165) is 21.3 Å². The second-order valence-corrected chi connectivity index (χ2v) is 4.84. The van der Waals surface area contributed by atoms with Crippen molar-refractivity contribution in [1.29, 1.82) is 0 Å². The molecule has 2 rings (SSSR count). The van der Waals surface area contributed by atoms with Gasteiger partial charge in [-0.3, -0.25) is 14.7 Å². The third-order valence-corrected chi connectivity index (χ3v) is 3.08. The fourth-order valence-electron chi connectivity index (χ4n) is 1.45. The monoisotopic (exact) mass is 380 g/mol. The molecule has 7 N–H and O–H groups in total. The summed E-state index contributed by atoms with van der Waals surface area (Å²) in [5.74, 6) is -0.503. The van der Waals surface area contributed by atoms with Crippen LogP contribution in [0.2, 0.25) is 0 Å². The van der Waals surface area contributed by atoms with E-state index in [2.05, 4.69) is 19.7 Å². The predicted molar refractivity (Wildman–Crippen MR) is 86.6 cm³/mol. The maximum atomic E-state index is 9.11. The minimum Gasteiger partial charge on any atom is -0.394 e. The highest BCUT2D eigenvalue weighted by Gasteiger charge is 2.20. The third-order valence-electron chi connectivity index (χ3n) is 3.08. The highest BCUT2D eigenvalue weighted by molar-refractivity contribution is 5.45. The molecular weight excluding hydrogens is 356 g/mol. The Bertz CT molecular complexity index is 436. The van der Waals surface area contributed by atoms with Gasteiger partial charge < -0.3 is 40.5 Å². The van der Waals surface area contributed by atoms with E-state index < -0.39 is 40.4 Å². The number of aliphatic hydroxyl groups excluding tert-OH is 7. The van der Waals surface area contributed by atoms with Crippen LogP contribution in [0, 0.1) is 0 Å². The third kappa shape index (κ3) is 6.43. The van der Waals surface area contributed by atoms with Gasteiger partial charge >= 0.3 is 0 Å². The van der Waals surface area contributed by atoms with Crippen LogP contribution in [-0.2, 0) is 4.74 Å². The largest absolute Gasteiger partial charge is 0.394 e. The van der Waals surface area contributed by atoms with Gasteiger partial charge in [0.2, 0.25) is 17.8 Å². The molecule has 1 aliphatic heterocycles. The minimum atomic E-state index is -0.601. The molecule has 0 radical (unpaired) electrons. The maximum absolute atomic E-state index is 9.11. The molecule has 1 aliphatic rings. The zero-order chi connectivity index (χ0) is 19.5. The van der Waals surface area contributed by atoms with Crippen molar-refractivity contribution in [3.8, 4) is 0 Å². The first-order chi connectivity index (χ1) is 12.6. The SMILES string of the molecule is OCC1CO1.OCN(CO)c1nc(N(CO)CO)nc(N(CO)CO)n1. The van der Waals surface area contributed by atoms with E-state index in [1.165, 1.54) is 0 Å². The van der Waals surface area contributed by atoms with Crippen molar-refractivity contribution in [2.75, 3.05) is 68.3 Å². The Balaban J connectivity index is 0.000000577. The predicted octanol–water partition coefficient (Wildman–Crippen LogP) is -4.63. The van der Waals surface area contributed by atoms with E-state index in [0.29, 0.717) is 0 Å². The Labute approximate surface area is 148 Å². The van der Waals surface area contributed by atoms with E-state index in [9.17, 15) is 0 Å². The summed E-state index contributed by atoms with van der Waals surface area (Å²) in [5, 5.41) is 62.7. The van der Waals surface area contributed by atoms with Gasteiger partial charge in [-0.05, 0) is 0 Å². The van der Waals surface area contributed by atoms with Gasteiger partial charge in [0.05, 0.1) is 13.2 Å². The molecule has 0 bridgehead atoms. The van der Waals surface area contributed by atoms with E-state index in [1.807, 2.05) is 0 Å². The minimum absolute atomic E-state index is 0.168. The Morgan fingerprint density at radius 1 is 0.654 bits per heavy atom. The lowest BCUT2D eigenvalue weighted by Gasteiger charge is -2.24. The van der Waals surface area contributed by atoms with Crippen molar-refractivity contribution >= 4 is 17.8 Å². The fraction of sp³-hybridized carbons (Fsp3) is 0.750. The van der Waals surface area contributed by atoms with Gasteiger partial charge in [-0.1, -0.05) is 0 Å². The number of nitrogens with zero attached hydrogens (tertiary/aromatic N) is 6. The molecule has 150 valence electrons. The van der Waals surface area contributed by atoms with Gasteiger partial charge in [-0.2, -0.15) is 15.0 Å². The van der Waals surface area contributed by atoms with Crippen molar-refractivity contribution < 1.29 is 40.5 Å². The van der Waals surface area contributed by atoms with Crippen molar-refractivity contribution in [2.45, 2.75) is 6.10 Å². The molecule has 0 spiro atoms. The highest BCUT2D eigenvalue weighted by atomic mass is 16.6. The molecular formula is C12H24N6O8. The van der Waals surface area contributed by atoms with Gasteiger partial charge in [-0.15, -0.1) is 0 Å². The maximum Gasteiger partial charge on any atom is 0.235 e. The Kier molecular flexibility index (Phi) is 9.92. The first-order valence-corrected chi connectivity index (χ1v) is 7.46. The van der Waals surface area contributed by atoms with E-state index in [-0.39, 0.29) is 30.6 Å². The van der Waals surface area contributed by atoms with Gasteiger partial charge in [0.25, 0.3) is 0 Å². The lowest BCUT2D eigenvalue weighted by atomic mass is 10.5. The zero-order valence-electron chi connectivity index (χ0n) is 14.0. The number of aromatic nitrogens is 3. The van der Waals surface area contributed by atoms with Crippen LogP contribution < -0.4 is 14.7 Å². The van der Waals surface area contributed by atoms with Crippen LogP contribution in [0.3, 0.4) is 0 Å². The molecule has 1 atom stereocenters. The number of aliphatic hydroxyl groups is 7. The van der Waals surface area contributed by atoms with Crippen molar-refractivity contribution in [1.82, 2.24) is 15.0 Å². The normalized spacial score (nSPS) is 15.1. The summed E-state index contributed by atoms with van der Waals surface area (Å²) in [6.07, 6.45) is 0.190. The summed E-state index contributed by atoms with van der Waals surface area (Å²) < 4.78 is 4.61. The molecule has 0 aromatic carbocycles. The molecule has 0 aliphatic carbocycles. The molecule has 1 saturated heterocycles. The topological polar surface area (TPSA) is 203 Å². The van der Waals surface area contributed by atoms with Crippen LogP contribution in [0.25, 0.3) is 0 Å². The standard InChI is InChI=1S/C9H18N6O6.C3H6O2/c16-1-13(2-17)7-10-8(14(3-18)4-19)12-9(11-7)15(5-20)6-21;4-1-3-2-5-3/h16-21H,1-6H2;3-4H,1-2H2. The Morgan fingerprint density at radius 3 is 1.04 bits per heavy atom. The van der Waals surface area contributed by atoms with Crippen LogP contribution >= 0.6 is 0 Å². The number of ether oxygens (including phenoxy) is 1. The van der Waals surface area contributed by atoms with Crippen molar-refractivity contribution in [3.05, 3.63) is 0 Å². The smallest absolute Gasteiger partial charge is 0.235 e. The first-order valence-electron chi connectivity index (χ1n) is 7.46. The van der Waals surface area contributed by atoms with Crippen LogP contribution in [0.1, 0.15) is 0 Å². The quantitative estimate of drug-likeness (QED) is 0.151. The summed E-state index contributed by atoms with van der Waals surface area (Å²) in [5.41, 5.74) is 0. The molecule has 1 fully saturated rings. The van der Waals surface area contributed by atoms with Crippen LogP contribution in [0.4, 0.5) is 17.8 Å². The van der Waals surface area contributed by atoms with Gasteiger partial charge in [0, 0.05) is 0 Å². The molecule has 1 unspecified atom stereocenters. The molecule has 2 heterocycles. The molecule has 14 heteroatoms. The summed E-state index contributed by atoms with van der Waals surface area (Å²) >= 11 is 0. The number of rotatable bonds is 10. The number of epoxide rings is 1. The van der Waals surface area contributed by atoms with E-state index >= 15 is 0 Å². The van der Waals surface area contributed by atoms with Crippen molar-refractivity contribution in [3.63, 3.8) is 0 Å². The molecule has 26 heavy (non-hydrogen) atoms. The highest BCUT2D eigenvalue weighted by Crippen LogP contribution is 2.18. The molecule has 1 aromatic heterocycles. The average Bonchev–Trinajstić information content (AvgIpc) is 3.50. The number of anilines is 3. The van der Waals surface area contributed by atoms with Gasteiger partial charge in [0.1, 0.15) is 46.5 Å². The van der Waals surface area contributed by atoms with E-state index in [4.69, 9.17) is 35.7 Å². The summed E-state index contributed by atoms with van der Waals surface area (Å²) in [6, 6.07) is 0. The van der Waals surface area contributed by atoms with Crippen LogP contribution in [0.15, 0.2) is 0 Å². The second-order valence-electron chi connectivity index (χ2n) is 4.84. The molecule has 0 saturated carbocycles. The second kappa shape index (κ2) is 11.7. The van der Waals surface area contributed by atoms with Crippen LogP contribution in [-0.4, -0.2) is 110 Å². The molecule has 14 nitrogen and oxygen atoms in total. The van der Waals surface area contributed by atoms with Crippen molar-refractivity contribution in [2.24, 2.45) is 0 Å². The summed E-state index contributed by atoms with van der Waals surface area (Å²) in [7, 11) is 0. The van der Waals surface area contributed by atoms with E-state index in [1.54, 1.807) is 0 Å². The zero-order valence-corrected chi connectivity index (χ0v) is 14.0. The number of hydrogen-bond acceptors (Lipinski definition) is 14. The van der Waals surface area contributed by atoms with Gasteiger partial charge in [-0.25, -0.2) is 0 Å². The first kappa shape index (κ1) is 22.1. The Morgan fingerprint density at radius 2 is 0.923 bits per heavy atom.